The van der Waals surface area contributed by atoms with Gasteiger partial charge >= 0.3 is 0 Å². The first kappa shape index (κ1) is 16.8. The lowest BCUT2D eigenvalue weighted by atomic mass is 10.0. The molecule has 1 aromatic rings. The van der Waals surface area contributed by atoms with Crippen molar-refractivity contribution >= 4 is 0 Å². The van der Waals surface area contributed by atoms with Crippen LogP contribution in [0.5, 0.6) is 0 Å². The molecule has 0 unspecified atom stereocenters. The highest BCUT2D eigenvalue weighted by Gasteiger charge is 2.31. The Kier molecular flexibility index (Phi) is 6.21. The first-order chi connectivity index (χ1) is 10.7. The summed E-state index contributed by atoms with van der Waals surface area (Å²) in [6, 6.07) is 10.5. The van der Waals surface area contributed by atoms with Crippen LogP contribution >= 0.6 is 0 Å². The zero-order chi connectivity index (χ0) is 15.9. The Morgan fingerprint density at radius 1 is 1.41 bits per heavy atom. The average molecular weight is 304 g/mol. The second-order valence-electron chi connectivity index (χ2n) is 5.74. The number of nitrogens with zero attached hydrogens (tertiary/aromatic N) is 4. The Labute approximate surface area is 131 Å². The first-order valence-electron chi connectivity index (χ1n) is 7.63. The molecule has 0 aromatic heterocycles. The van der Waals surface area contributed by atoms with E-state index in [2.05, 4.69) is 53.2 Å². The summed E-state index contributed by atoms with van der Waals surface area (Å²) in [5.74, 6) is 0. The summed E-state index contributed by atoms with van der Waals surface area (Å²) >= 11 is 0. The fourth-order valence-electron chi connectivity index (χ4n) is 2.83. The van der Waals surface area contributed by atoms with Gasteiger partial charge in [0.15, 0.2) is 6.29 Å². The van der Waals surface area contributed by atoms with Gasteiger partial charge in [-0.2, -0.15) is 0 Å². The van der Waals surface area contributed by atoms with Gasteiger partial charge in [-0.3, -0.25) is 4.90 Å². The molecule has 1 aromatic carbocycles. The molecule has 1 heterocycles. The van der Waals surface area contributed by atoms with Gasteiger partial charge in [0, 0.05) is 24.6 Å². The number of ether oxygens (including phenoxy) is 2. The highest BCUT2D eigenvalue weighted by molar-refractivity contribution is 5.18. The molecule has 0 amide bonds. The van der Waals surface area contributed by atoms with Gasteiger partial charge in [-0.05, 0) is 37.9 Å². The maximum absolute atomic E-state index is 8.58. The highest BCUT2D eigenvalue weighted by atomic mass is 16.7. The molecule has 1 aliphatic heterocycles. The molecule has 2 rings (SSSR count). The molecule has 6 heteroatoms. The highest BCUT2D eigenvalue weighted by Crippen LogP contribution is 2.26. The Bertz CT molecular complexity index is 504. The summed E-state index contributed by atoms with van der Waals surface area (Å²) in [5.41, 5.74) is 9.87. The summed E-state index contributed by atoms with van der Waals surface area (Å²) in [7, 11) is 3.69. The standard InChI is InChI=1S/C16H24N4O2/c1-12(13-7-5-4-6-8-13)20(2)11-14-9-10-15(18-19-17)16(21-3)22-14/h4-8,12,14-16H,9-11H2,1-3H3/t12-,14+,15+,16-/m0/s1. The zero-order valence-electron chi connectivity index (χ0n) is 13.4. The average Bonchev–Trinajstić information content (AvgIpc) is 2.56. The van der Waals surface area contributed by atoms with E-state index < -0.39 is 6.29 Å². The van der Waals surface area contributed by atoms with Crippen LogP contribution in [0.1, 0.15) is 31.4 Å². The van der Waals surface area contributed by atoms with E-state index in [1.54, 1.807) is 7.11 Å². The van der Waals surface area contributed by atoms with E-state index >= 15 is 0 Å². The van der Waals surface area contributed by atoms with E-state index in [4.69, 9.17) is 15.0 Å². The van der Waals surface area contributed by atoms with E-state index in [-0.39, 0.29) is 12.1 Å². The third kappa shape index (κ3) is 4.21. The predicted octanol–water partition coefficient (Wildman–Crippen LogP) is 3.51. The van der Waals surface area contributed by atoms with Crippen LogP contribution in [-0.2, 0) is 9.47 Å². The third-order valence-corrected chi connectivity index (χ3v) is 4.29. The SMILES string of the molecule is CO[C@H]1O[C@@H](CN(C)[C@@H](C)c2ccccc2)CC[C@H]1N=[N+]=[N-]. The second-order valence-corrected chi connectivity index (χ2v) is 5.74. The minimum absolute atomic E-state index is 0.0891. The van der Waals surface area contributed by atoms with Crippen LogP contribution < -0.4 is 0 Å². The lowest BCUT2D eigenvalue weighted by Gasteiger charge is -2.36. The van der Waals surface area contributed by atoms with Crippen molar-refractivity contribution in [1.29, 1.82) is 0 Å². The van der Waals surface area contributed by atoms with Crippen LogP contribution in [0.15, 0.2) is 35.4 Å². The molecule has 0 radical (unpaired) electrons. The Hall–Kier alpha value is -1.59. The molecule has 1 saturated heterocycles. The molecular formula is C16H24N4O2. The molecule has 1 aliphatic rings. The van der Waals surface area contributed by atoms with Gasteiger partial charge in [0.25, 0.3) is 0 Å². The van der Waals surface area contributed by atoms with Crippen LogP contribution in [0.4, 0.5) is 0 Å². The number of likely N-dealkylation sites (N-methyl/N-ethyl adjacent to an activating group) is 1. The summed E-state index contributed by atoms with van der Waals surface area (Å²) in [6.07, 6.45) is 1.30. The topological polar surface area (TPSA) is 70.5 Å². The molecular weight excluding hydrogens is 280 g/mol. The van der Waals surface area contributed by atoms with Crippen molar-refractivity contribution in [2.75, 3.05) is 20.7 Å². The van der Waals surface area contributed by atoms with E-state index in [0.29, 0.717) is 6.04 Å². The Balaban J connectivity index is 1.92. The van der Waals surface area contributed by atoms with Crippen molar-refractivity contribution in [2.45, 2.75) is 44.2 Å². The third-order valence-electron chi connectivity index (χ3n) is 4.29. The maximum atomic E-state index is 8.58. The first-order valence-corrected chi connectivity index (χ1v) is 7.63. The molecule has 4 atom stereocenters. The number of methoxy groups -OCH3 is 1. The molecule has 6 nitrogen and oxygen atoms in total. The fourth-order valence-corrected chi connectivity index (χ4v) is 2.83. The number of hydrogen-bond acceptors (Lipinski definition) is 4. The molecule has 0 spiro atoms. The normalized spacial score (nSPS) is 26.5. The van der Waals surface area contributed by atoms with Crippen LogP contribution in [0.25, 0.3) is 10.4 Å². The molecule has 0 bridgehead atoms. The van der Waals surface area contributed by atoms with Gasteiger partial charge in [-0.25, -0.2) is 0 Å². The van der Waals surface area contributed by atoms with Crippen LogP contribution in [-0.4, -0.2) is 44.0 Å². The van der Waals surface area contributed by atoms with Crippen molar-refractivity contribution in [1.82, 2.24) is 4.90 Å². The second kappa shape index (κ2) is 8.15. The molecule has 120 valence electrons. The van der Waals surface area contributed by atoms with Crippen LogP contribution in [0.2, 0.25) is 0 Å². The quantitative estimate of drug-likeness (QED) is 0.458. The molecule has 0 aliphatic carbocycles. The van der Waals surface area contributed by atoms with E-state index in [9.17, 15) is 0 Å². The van der Waals surface area contributed by atoms with Crippen LogP contribution in [0.3, 0.4) is 0 Å². The molecule has 22 heavy (non-hydrogen) atoms. The number of hydrogen-bond donors (Lipinski definition) is 0. The van der Waals surface area contributed by atoms with Crippen molar-refractivity contribution < 1.29 is 9.47 Å². The van der Waals surface area contributed by atoms with Gasteiger partial charge < -0.3 is 9.47 Å². The van der Waals surface area contributed by atoms with Crippen molar-refractivity contribution in [2.24, 2.45) is 5.11 Å². The predicted molar refractivity (Wildman–Crippen MR) is 85.3 cm³/mol. The monoisotopic (exact) mass is 304 g/mol. The lowest BCUT2D eigenvalue weighted by Crippen LogP contribution is -2.43. The summed E-state index contributed by atoms with van der Waals surface area (Å²) in [4.78, 5) is 5.14. The summed E-state index contributed by atoms with van der Waals surface area (Å²) in [5, 5.41) is 3.75. The lowest BCUT2D eigenvalue weighted by molar-refractivity contribution is -0.192. The van der Waals surface area contributed by atoms with E-state index in [1.807, 2.05) is 6.07 Å². The zero-order valence-corrected chi connectivity index (χ0v) is 13.4. The Morgan fingerprint density at radius 3 is 2.77 bits per heavy atom. The number of azide groups is 1. The van der Waals surface area contributed by atoms with Crippen LogP contribution in [0, 0.1) is 0 Å². The van der Waals surface area contributed by atoms with Crippen molar-refractivity contribution in [3.8, 4) is 0 Å². The summed E-state index contributed by atoms with van der Waals surface area (Å²) < 4.78 is 11.2. The minimum atomic E-state index is -0.449. The van der Waals surface area contributed by atoms with Crippen molar-refractivity contribution in [3.05, 3.63) is 46.3 Å². The summed E-state index contributed by atoms with van der Waals surface area (Å²) in [6.45, 7) is 3.01. The number of rotatable bonds is 6. The van der Waals surface area contributed by atoms with E-state index in [0.717, 1.165) is 19.4 Å². The minimum Gasteiger partial charge on any atom is -0.355 e. The Morgan fingerprint density at radius 2 is 2.14 bits per heavy atom. The van der Waals surface area contributed by atoms with Gasteiger partial charge in [0.2, 0.25) is 0 Å². The van der Waals surface area contributed by atoms with E-state index in [1.165, 1.54) is 5.56 Å². The largest absolute Gasteiger partial charge is 0.355 e. The smallest absolute Gasteiger partial charge is 0.166 e. The maximum Gasteiger partial charge on any atom is 0.166 e. The number of benzene rings is 1. The van der Waals surface area contributed by atoms with Crippen molar-refractivity contribution in [3.63, 3.8) is 0 Å². The molecule has 0 saturated carbocycles. The van der Waals surface area contributed by atoms with Gasteiger partial charge in [0.1, 0.15) is 0 Å². The van der Waals surface area contributed by atoms with Gasteiger partial charge in [-0.1, -0.05) is 35.4 Å². The van der Waals surface area contributed by atoms with Gasteiger partial charge in [-0.15, -0.1) is 0 Å². The molecule has 0 N–H and O–H groups in total. The fraction of sp³-hybridized carbons (Fsp3) is 0.625. The van der Waals surface area contributed by atoms with Gasteiger partial charge in [0.05, 0.1) is 12.1 Å². The molecule has 1 fully saturated rings.